The predicted molar refractivity (Wildman–Crippen MR) is 51.6 cm³/mol. The van der Waals surface area contributed by atoms with Gasteiger partial charge in [-0.3, -0.25) is 0 Å². The minimum absolute atomic E-state index is 0.0144. The fraction of sp³-hybridized carbons (Fsp3) is 0.400. The zero-order valence-corrected chi connectivity index (χ0v) is 8.83. The smallest absolute Gasteiger partial charge is 0.280 e. The Morgan fingerprint density at radius 1 is 1.44 bits per heavy atom. The quantitative estimate of drug-likeness (QED) is 0.791. The molecule has 1 rings (SSSR count). The van der Waals surface area contributed by atoms with Crippen molar-refractivity contribution in [2.24, 2.45) is 0 Å². The molecule has 0 spiro atoms. The summed E-state index contributed by atoms with van der Waals surface area (Å²) >= 11 is 0. The molecule has 16 heavy (non-hydrogen) atoms. The molecule has 1 heterocycles. The summed E-state index contributed by atoms with van der Waals surface area (Å²) in [6, 6.07) is 3.14. The Bertz CT molecular complexity index is 416. The molecule has 0 aliphatic heterocycles. The minimum Gasteiger partial charge on any atom is -0.491 e. The average molecular weight is 228 g/mol. The molecular weight excluding hydrogens is 218 g/mol. The van der Waals surface area contributed by atoms with E-state index < -0.39 is 12.1 Å². The highest BCUT2D eigenvalue weighted by Gasteiger charge is 2.19. The number of pyridine rings is 1. The van der Waals surface area contributed by atoms with Gasteiger partial charge < -0.3 is 9.47 Å². The fourth-order valence-corrected chi connectivity index (χ4v) is 1.24. The van der Waals surface area contributed by atoms with E-state index in [-0.39, 0.29) is 23.6 Å². The van der Waals surface area contributed by atoms with Gasteiger partial charge in [-0.1, -0.05) is 0 Å². The van der Waals surface area contributed by atoms with Crippen LogP contribution in [0.5, 0.6) is 11.6 Å². The number of hydrogen-bond donors (Lipinski definition) is 0. The lowest BCUT2D eigenvalue weighted by Gasteiger charge is -2.11. The molecule has 4 nitrogen and oxygen atoms in total. The van der Waals surface area contributed by atoms with Crippen molar-refractivity contribution in [2.75, 3.05) is 14.2 Å². The van der Waals surface area contributed by atoms with Gasteiger partial charge in [0, 0.05) is 0 Å². The molecule has 0 atom stereocenters. The maximum absolute atomic E-state index is 12.6. The first-order chi connectivity index (χ1) is 7.63. The van der Waals surface area contributed by atoms with Crippen molar-refractivity contribution in [1.82, 2.24) is 4.98 Å². The van der Waals surface area contributed by atoms with Crippen molar-refractivity contribution in [3.63, 3.8) is 0 Å². The van der Waals surface area contributed by atoms with Crippen molar-refractivity contribution >= 4 is 0 Å². The maximum Gasteiger partial charge on any atom is 0.280 e. The second-order valence-electron chi connectivity index (χ2n) is 2.88. The van der Waals surface area contributed by atoms with Gasteiger partial charge in [0.15, 0.2) is 5.75 Å². The number of nitrogens with zero attached hydrogens (tertiary/aromatic N) is 2. The van der Waals surface area contributed by atoms with Crippen molar-refractivity contribution in [2.45, 2.75) is 12.8 Å². The molecule has 0 bridgehead atoms. The van der Waals surface area contributed by atoms with E-state index >= 15 is 0 Å². The molecule has 0 amide bonds. The van der Waals surface area contributed by atoms with Crippen molar-refractivity contribution < 1.29 is 18.3 Å². The lowest BCUT2D eigenvalue weighted by molar-refractivity contribution is 0.143. The number of hydrogen-bond acceptors (Lipinski definition) is 4. The molecular formula is C10H10F2N2O2. The third-order valence-electron chi connectivity index (χ3n) is 1.96. The summed E-state index contributed by atoms with van der Waals surface area (Å²) in [7, 11) is 2.68. The van der Waals surface area contributed by atoms with Crippen LogP contribution in [0, 0.1) is 11.3 Å². The van der Waals surface area contributed by atoms with Crippen molar-refractivity contribution in [3.05, 3.63) is 17.3 Å². The molecule has 1 aromatic heterocycles. The second kappa shape index (κ2) is 5.26. The topological polar surface area (TPSA) is 55.1 Å². The van der Waals surface area contributed by atoms with Crippen LogP contribution < -0.4 is 9.47 Å². The third-order valence-corrected chi connectivity index (χ3v) is 1.96. The first-order valence-corrected chi connectivity index (χ1v) is 4.41. The summed E-state index contributed by atoms with van der Waals surface area (Å²) in [5, 5.41) is 8.52. The molecule has 6 heteroatoms. The Morgan fingerprint density at radius 2 is 2.12 bits per heavy atom. The molecule has 0 saturated carbocycles. The van der Waals surface area contributed by atoms with E-state index in [9.17, 15) is 8.78 Å². The number of aromatic nitrogens is 1. The molecule has 0 unspecified atom stereocenters. The van der Waals surface area contributed by atoms with Crippen LogP contribution >= 0.6 is 0 Å². The van der Waals surface area contributed by atoms with Gasteiger partial charge >= 0.3 is 0 Å². The molecule has 1 aromatic rings. The lowest BCUT2D eigenvalue weighted by atomic mass is 10.1. The number of ether oxygens (including phenoxy) is 2. The van der Waals surface area contributed by atoms with Gasteiger partial charge in [-0.15, -0.1) is 0 Å². The summed E-state index contributed by atoms with van der Waals surface area (Å²) in [4.78, 5) is 3.63. The van der Waals surface area contributed by atoms with Crippen molar-refractivity contribution in [3.8, 4) is 17.7 Å². The summed E-state index contributed by atoms with van der Waals surface area (Å²) < 4.78 is 35.0. The Balaban J connectivity index is 3.30. The van der Waals surface area contributed by atoms with Crippen LogP contribution in [0.2, 0.25) is 0 Å². The van der Waals surface area contributed by atoms with Crippen LogP contribution in [-0.2, 0) is 6.42 Å². The minimum atomic E-state index is -2.75. The number of methoxy groups -OCH3 is 2. The number of nitriles is 1. The van der Waals surface area contributed by atoms with E-state index in [4.69, 9.17) is 14.7 Å². The highest BCUT2D eigenvalue weighted by atomic mass is 19.3. The van der Waals surface area contributed by atoms with E-state index in [1.54, 1.807) is 6.07 Å². The standard InChI is InChI=1S/C10H10F2N2O2/c1-15-7-5-6(3-4-13)8(9(11)12)14-10(7)16-2/h5,9H,3H2,1-2H3. The van der Waals surface area contributed by atoms with Crippen LogP contribution in [-0.4, -0.2) is 19.2 Å². The number of rotatable bonds is 4. The Labute approximate surface area is 91.4 Å². The Morgan fingerprint density at radius 3 is 2.56 bits per heavy atom. The molecule has 0 fully saturated rings. The van der Waals surface area contributed by atoms with Crippen molar-refractivity contribution in [1.29, 1.82) is 5.26 Å². The lowest BCUT2D eigenvalue weighted by Crippen LogP contribution is -2.03. The first-order valence-electron chi connectivity index (χ1n) is 4.41. The molecule has 0 aromatic carbocycles. The molecule has 0 aliphatic carbocycles. The maximum atomic E-state index is 12.6. The normalized spacial score (nSPS) is 10.0. The van der Waals surface area contributed by atoms with Crippen LogP contribution in [0.15, 0.2) is 6.07 Å². The monoisotopic (exact) mass is 228 g/mol. The van der Waals surface area contributed by atoms with Gasteiger partial charge in [0.1, 0.15) is 5.69 Å². The van der Waals surface area contributed by atoms with E-state index in [1.807, 2.05) is 0 Å². The SMILES string of the molecule is COc1cc(CC#N)c(C(F)F)nc1OC. The zero-order chi connectivity index (χ0) is 12.1. The molecule has 0 aliphatic rings. The summed E-state index contributed by atoms with van der Waals surface area (Å²) in [6.07, 6.45) is -2.89. The van der Waals surface area contributed by atoms with E-state index in [1.165, 1.54) is 20.3 Å². The van der Waals surface area contributed by atoms with Gasteiger partial charge in [-0.25, -0.2) is 13.8 Å². The van der Waals surface area contributed by atoms with Crippen LogP contribution in [0.3, 0.4) is 0 Å². The first kappa shape index (κ1) is 12.2. The summed E-state index contributed by atoms with van der Waals surface area (Å²) in [5.41, 5.74) is -0.297. The summed E-state index contributed by atoms with van der Waals surface area (Å²) in [6.45, 7) is 0. The average Bonchev–Trinajstić information content (AvgIpc) is 2.28. The molecule has 0 N–H and O–H groups in total. The largest absolute Gasteiger partial charge is 0.491 e. The predicted octanol–water partition coefficient (Wildman–Crippen LogP) is 2.10. The number of alkyl halides is 2. The molecule has 0 radical (unpaired) electrons. The van der Waals surface area contributed by atoms with Gasteiger partial charge in [-0.2, -0.15) is 5.26 Å². The Kier molecular flexibility index (Phi) is 4.00. The van der Waals surface area contributed by atoms with E-state index in [2.05, 4.69) is 4.98 Å². The highest BCUT2D eigenvalue weighted by Crippen LogP contribution is 2.31. The molecule has 0 saturated heterocycles. The van der Waals surface area contributed by atoms with Crippen LogP contribution in [0.1, 0.15) is 17.7 Å². The van der Waals surface area contributed by atoms with Gasteiger partial charge in [0.25, 0.3) is 12.3 Å². The van der Waals surface area contributed by atoms with E-state index in [0.717, 1.165) is 0 Å². The highest BCUT2D eigenvalue weighted by molar-refractivity contribution is 5.41. The fourth-order valence-electron chi connectivity index (χ4n) is 1.24. The third kappa shape index (κ3) is 2.37. The van der Waals surface area contributed by atoms with Crippen LogP contribution in [0.4, 0.5) is 8.78 Å². The zero-order valence-electron chi connectivity index (χ0n) is 8.83. The van der Waals surface area contributed by atoms with Crippen LogP contribution in [0.25, 0.3) is 0 Å². The van der Waals surface area contributed by atoms with E-state index in [0.29, 0.717) is 0 Å². The van der Waals surface area contributed by atoms with Gasteiger partial charge in [0.2, 0.25) is 0 Å². The van der Waals surface area contributed by atoms with Gasteiger partial charge in [-0.05, 0) is 11.6 Å². The second-order valence-corrected chi connectivity index (χ2v) is 2.88. The number of halogens is 2. The summed E-state index contributed by atoms with van der Waals surface area (Å²) in [5.74, 6) is 0.219. The Hall–Kier alpha value is -1.90. The van der Waals surface area contributed by atoms with Gasteiger partial charge in [0.05, 0.1) is 26.7 Å². The molecule has 86 valence electrons.